The summed E-state index contributed by atoms with van der Waals surface area (Å²) in [6, 6.07) is 4.29. The molecule has 0 aliphatic heterocycles. The van der Waals surface area contributed by atoms with E-state index >= 15 is 4.39 Å². The number of hydrogen-bond acceptors (Lipinski definition) is 8. The van der Waals surface area contributed by atoms with Crippen LogP contribution in [0.5, 0.6) is 11.6 Å². The van der Waals surface area contributed by atoms with E-state index in [1.54, 1.807) is 26.8 Å². The van der Waals surface area contributed by atoms with Gasteiger partial charge in [0.1, 0.15) is 30.3 Å². The molecule has 0 spiro atoms. The standard InChI is InChI=1S/C28H39FN4O6Si/c1-18-15-33(17-37-11-12-40(6,7)8)24-23(18)25(31-16-30-24)38-22-10-9-19(13-20(22)29)14-21(26(34)36-5)32-27(35)39-28(2,3)4/h9-10,13,15-16,21H,11-12,14,17H2,1-8H3,(H,32,35)/t21-/m0/s1. The first kappa shape index (κ1) is 31.0. The predicted molar refractivity (Wildman–Crippen MR) is 152 cm³/mol. The Morgan fingerprint density at radius 1 is 1.18 bits per heavy atom. The minimum absolute atomic E-state index is 0.0134. The van der Waals surface area contributed by atoms with Gasteiger partial charge in [-0.05, 0) is 57.0 Å². The molecule has 0 unspecified atom stereocenters. The Balaban J connectivity index is 1.75. The third-order valence-corrected chi connectivity index (χ3v) is 7.56. The number of hydrogen-bond donors (Lipinski definition) is 1. The van der Waals surface area contributed by atoms with Gasteiger partial charge in [0.2, 0.25) is 5.88 Å². The smallest absolute Gasteiger partial charge is 0.408 e. The summed E-state index contributed by atoms with van der Waals surface area (Å²) in [5.41, 5.74) is 1.19. The van der Waals surface area contributed by atoms with Gasteiger partial charge in [-0.1, -0.05) is 25.7 Å². The Kier molecular flexibility index (Phi) is 9.90. The number of aromatic nitrogens is 3. The van der Waals surface area contributed by atoms with Gasteiger partial charge in [-0.3, -0.25) is 0 Å². The number of nitrogens with zero attached hydrogens (tertiary/aromatic N) is 3. The average Bonchev–Trinajstić information content (AvgIpc) is 3.17. The van der Waals surface area contributed by atoms with Crippen LogP contribution in [0.1, 0.15) is 31.9 Å². The third kappa shape index (κ3) is 8.75. The number of rotatable bonds is 11. The van der Waals surface area contributed by atoms with Crippen LogP contribution < -0.4 is 10.1 Å². The van der Waals surface area contributed by atoms with Crippen molar-refractivity contribution in [2.75, 3.05) is 13.7 Å². The monoisotopic (exact) mass is 574 g/mol. The number of nitrogens with one attached hydrogen (secondary N) is 1. The molecule has 10 nitrogen and oxygen atoms in total. The molecule has 3 aromatic rings. The van der Waals surface area contributed by atoms with Crippen molar-refractivity contribution in [2.45, 2.75) is 78.2 Å². The minimum Gasteiger partial charge on any atom is -0.467 e. The Morgan fingerprint density at radius 3 is 2.52 bits per heavy atom. The average molecular weight is 575 g/mol. The fourth-order valence-corrected chi connectivity index (χ4v) is 4.64. The van der Waals surface area contributed by atoms with Gasteiger partial charge in [-0.2, -0.15) is 0 Å². The molecule has 1 aromatic carbocycles. The van der Waals surface area contributed by atoms with Gasteiger partial charge in [-0.15, -0.1) is 0 Å². The maximum absolute atomic E-state index is 15.1. The third-order valence-electron chi connectivity index (χ3n) is 5.85. The van der Waals surface area contributed by atoms with Crippen LogP contribution in [0.4, 0.5) is 9.18 Å². The normalized spacial score (nSPS) is 12.7. The molecule has 1 amide bonds. The zero-order valence-corrected chi connectivity index (χ0v) is 25.5. The van der Waals surface area contributed by atoms with E-state index in [0.29, 0.717) is 29.9 Å². The molecule has 0 saturated heterocycles. The largest absolute Gasteiger partial charge is 0.467 e. The van der Waals surface area contributed by atoms with Crippen LogP contribution in [0.3, 0.4) is 0 Å². The zero-order valence-electron chi connectivity index (χ0n) is 24.5. The second-order valence-electron chi connectivity index (χ2n) is 11.8. The van der Waals surface area contributed by atoms with Gasteiger partial charge in [-0.25, -0.2) is 23.9 Å². The van der Waals surface area contributed by atoms with Crippen LogP contribution in [0.2, 0.25) is 25.7 Å². The lowest BCUT2D eigenvalue weighted by molar-refractivity contribution is -0.143. The van der Waals surface area contributed by atoms with E-state index in [1.807, 2.05) is 17.7 Å². The van der Waals surface area contributed by atoms with Crippen molar-refractivity contribution in [3.05, 3.63) is 47.7 Å². The molecule has 0 radical (unpaired) electrons. The van der Waals surface area contributed by atoms with Crippen molar-refractivity contribution in [1.82, 2.24) is 19.9 Å². The van der Waals surface area contributed by atoms with E-state index in [9.17, 15) is 9.59 Å². The lowest BCUT2D eigenvalue weighted by atomic mass is 10.1. The van der Waals surface area contributed by atoms with E-state index < -0.39 is 37.6 Å². The van der Waals surface area contributed by atoms with Crippen LogP contribution in [0, 0.1) is 12.7 Å². The van der Waals surface area contributed by atoms with Crippen LogP contribution in [-0.2, 0) is 32.2 Å². The Labute approximate surface area is 235 Å². The topological polar surface area (TPSA) is 114 Å². The summed E-state index contributed by atoms with van der Waals surface area (Å²) in [6.07, 6.45) is 2.48. The molecule has 0 bridgehead atoms. The highest BCUT2D eigenvalue weighted by Crippen LogP contribution is 2.32. The zero-order chi connectivity index (χ0) is 29.7. The SMILES string of the molecule is COC(=O)[C@H](Cc1ccc(Oc2ncnc3c2c(C)cn3COCC[Si](C)(C)C)c(F)c1)NC(=O)OC(C)(C)C. The van der Waals surface area contributed by atoms with Crippen LogP contribution in [0.25, 0.3) is 11.0 Å². The molecule has 2 aromatic heterocycles. The Bertz CT molecular complexity index is 1350. The molecular formula is C28H39FN4O6Si. The van der Waals surface area contributed by atoms with Crippen molar-refractivity contribution < 1.29 is 32.9 Å². The molecule has 0 saturated carbocycles. The highest BCUT2D eigenvalue weighted by Gasteiger charge is 2.26. The number of alkyl carbamates (subject to hydrolysis) is 1. The van der Waals surface area contributed by atoms with E-state index in [4.69, 9.17) is 18.9 Å². The summed E-state index contributed by atoms with van der Waals surface area (Å²) < 4.78 is 38.8. The number of fused-ring (bicyclic) bond motifs is 1. The fraction of sp³-hybridized carbons (Fsp3) is 0.500. The number of aryl methyl sites for hydroxylation is 1. The highest BCUT2D eigenvalue weighted by atomic mass is 28.3. The number of amides is 1. The second-order valence-corrected chi connectivity index (χ2v) is 17.4. The quantitative estimate of drug-likeness (QED) is 0.179. The highest BCUT2D eigenvalue weighted by molar-refractivity contribution is 6.76. The summed E-state index contributed by atoms with van der Waals surface area (Å²) in [4.78, 5) is 33.1. The molecule has 40 heavy (non-hydrogen) atoms. The Hall–Kier alpha value is -3.51. The van der Waals surface area contributed by atoms with Crippen molar-refractivity contribution in [1.29, 1.82) is 0 Å². The van der Waals surface area contributed by atoms with Gasteiger partial charge in [0, 0.05) is 27.3 Å². The molecule has 0 fully saturated rings. The lowest BCUT2D eigenvalue weighted by Crippen LogP contribution is -2.45. The summed E-state index contributed by atoms with van der Waals surface area (Å²) >= 11 is 0. The number of methoxy groups -OCH3 is 1. The van der Waals surface area contributed by atoms with Crippen molar-refractivity contribution in [2.24, 2.45) is 0 Å². The number of esters is 1. The minimum atomic E-state index is -1.20. The first-order valence-electron chi connectivity index (χ1n) is 13.1. The molecule has 12 heteroatoms. The van der Waals surface area contributed by atoms with Crippen LogP contribution in [-0.4, -0.2) is 60.0 Å². The molecular weight excluding hydrogens is 535 g/mol. The number of halogens is 1. The van der Waals surface area contributed by atoms with Gasteiger partial charge in [0.25, 0.3) is 0 Å². The van der Waals surface area contributed by atoms with Gasteiger partial charge < -0.3 is 28.8 Å². The van der Waals surface area contributed by atoms with E-state index in [-0.39, 0.29) is 18.1 Å². The fourth-order valence-electron chi connectivity index (χ4n) is 3.88. The maximum Gasteiger partial charge on any atom is 0.408 e. The second kappa shape index (κ2) is 12.8. The van der Waals surface area contributed by atoms with Crippen molar-refractivity contribution >= 4 is 31.2 Å². The van der Waals surface area contributed by atoms with E-state index in [2.05, 4.69) is 34.9 Å². The van der Waals surface area contributed by atoms with Crippen LogP contribution in [0.15, 0.2) is 30.7 Å². The molecule has 218 valence electrons. The lowest BCUT2D eigenvalue weighted by Gasteiger charge is -2.22. The number of carbonyl (C=O) groups excluding carboxylic acids is 2. The summed E-state index contributed by atoms with van der Waals surface area (Å²) in [5, 5.41) is 3.14. The summed E-state index contributed by atoms with van der Waals surface area (Å²) in [7, 11) is 0.00814. The van der Waals surface area contributed by atoms with Gasteiger partial charge in [0.15, 0.2) is 11.6 Å². The molecule has 1 N–H and O–H groups in total. The summed E-state index contributed by atoms with van der Waals surface area (Å²) in [6.45, 7) is 14.9. The first-order chi connectivity index (χ1) is 18.7. The van der Waals surface area contributed by atoms with E-state index in [1.165, 1.54) is 25.6 Å². The van der Waals surface area contributed by atoms with Crippen molar-refractivity contribution in [3.63, 3.8) is 0 Å². The predicted octanol–water partition coefficient (Wildman–Crippen LogP) is 5.59. The van der Waals surface area contributed by atoms with Crippen molar-refractivity contribution in [3.8, 4) is 11.6 Å². The van der Waals surface area contributed by atoms with Gasteiger partial charge >= 0.3 is 12.1 Å². The molecule has 1 atom stereocenters. The number of ether oxygens (including phenoxy) is 4. The summed E-state index contributed by atoms with van der Waals surface area (Å²) in [5.74, 6) is -1.16. The number of carbonyl (C=O) groups is 2. The van der Waals surface area contributed by atoms with Gasteiger partial charge in [0.05, 0.1) is 12.5 Å². The maximum atomic E-state index is 15.1. The molecule has 0 aliphatic rings. The first-order valence-corrected chi connectivity index (χ1v) is 16.8. The molecule has 3 rings (SSSR count). The Morgan fingerprint density at radius 2 is 1.90 bits per heavy atom. The molecule has 2 heterocycles. The number of benzene rings is 1. The van der Waals surface area contributed by atoms with E-state index in [0.717, 1.165) is 11.6 Å². The molecule has 0 aliphatic carbocycles. The van der Waals surface area contributed by atoms with Crippen LogP contribution >= 0.6 is 0 Å².